The Morgan fingerprint density at radius 3 is 2.59 bits per heavy atom. The predicted octanol–water partition coefficient (Wildman–Crippen LogP) is 3.40. The lowest BCUT2D eigenvalue weighted by Gasteiger charge is -2.16. The van der Waals surface area contributed by atoms with Gasteiger partial charge >= 0.3 is 0 Å². The minimum absolute atomic E-state index is 0.0864. The maximum Gasteiger partial charge on any atom is 0.234 e. The Bertz CT molecular complexity index is 1120. The molecule has 3 aromatic rings. The fourth-order valence-electron chi connectivity index (χ4n) is 3.12. The number of halogens is 1. The van der Waals surface area contributed by atoms with Crippen molar-refractivity contribution in [2.45, 2.75) is 10.8 Å². The van der Waals surface area contributed by atoms with Crippen LogP contribution in [0.15, 0.2) is 58.9 Å². The Morgan fingerprint density at radius 2 is 1.84 bits per heavy atom. The molecule has 0 radical (unpaired) electrons. The van der Waals surface area contributed by atoms with Crippen molar-refractivity contribution in [3.8, 4) is 0 Å². The Kier molecular flexibility index (Phi) is 6.76. The van der Waals surface area contributed by atoms with Crippen LogP contribution in [0.4, 0.5) is 20.9 Å². The van der Waals surface area contributed by atoms with Crippen molar-refractivity contribution < 1.29 is 18.8 Å². The normalized spacial score (nSPS) is 15.6. The van der Waals surface area contributed by atoms with Crippen LogP contribution in [0.1, 0.15) is 6.42 Å². The number of thioether (sulfide) groups is 1. The number of nitrogens with one attached hydrogen (secondary N) is 2. The van der Waals surface area contributed by atoms with Crippen molar-refractivity contribution in [1.29, 1.82) is 0 Å². The van der Waals surface area contributed by atoms with E-state index >= 15 is 0 Å². The molecular weight excluding hydrogens is 453 g/mol. The van der Waals surface area contributed by atoms with E-state index < -0.39 is 5.92 Å². The molecule has 11 heteroatoms. The molecule has 164 valence electrons. The van der Waals surface area contributed by atoms with E-state index in [9.17, 15) is 18.8 Å². The summed E-state index contributed by atoms with van der Waals surface area (Å²) in [6.07, 6.45) is 0.130. The van der Waals surface area contributed by atoms with Crippen LogP contribution in [0.5, 0.6) is 0 Å². The van der Waals surface area contributed by atoms with Gasteiger partial charge in [0.15, 0.2) is 4.34 Å². The van der Waals surface area contributed by atoms with Crippen molar-refractivity contribution in [2.75, 3.05) is 27.8 Å². The molecule has 0 bridgehead atoms. The van der Waals surface area contributed by atoms with Crippen molar-refractivity contribution >= 4 is 57.3 Å². The number of hydrogen-bond acceptors (Lipinski definition) is 7. The first-order chi connectivity index (χ1) is 15.5. The summed E-state index contributed by atoms with van der Waals surface area (Å²) < 4.78 is 13.4. The molecule has 1 atom stereocenters. The summed E-state index contributed by atoms with van der Waals surface area (Å²) in [5.41, 5.74) is 1.26. The number of benzene rings is 2. The summed E-state index contributed by atoms with van der Waals surface area (Å²) in [6.45, 7) is 0.304. The first-order valence-electron chi connectivity index (χ1n) is 9.66. The molecule has 2 heterocycles. The zero-order valence-corrected chi connectivity index (χ0v) is 18.3. The molecule has 1 aliphatic heterocycles. The highest BCUT2D eigenvalue weighted by atomic mass is 32.2. The van der Waals surface area contributed by atoms with E-state index in [1.54, 1.807) is 4.90 Å². The summed E-state index contributed by atoms with van der Waals surface area (Å²) in [6, 6.07) is 14.7. The molecule has 1 aliphatic rings. The van der Waals surface area contributed by atoms with Crippen LogP contribution in [0.2, 0.25) is 0 Å². The van der Waals surface area contributed by atoms with Gasteiger partial charge in [0.05, 0.1) is 11.7 Å². The molecule has 1 fully saturated rings. The number of carbonyl (C=O) groups excluding carboxylic acids is 3. The molecule has 0 saturated carbocycles. The first-order valence-corrected chi connectivity index (χ1v) is 11.5. The highest BCUT2D eigenvalue weighted by molar-refractivity contribution is 8.01. The van der Waals surface area contributed by atoms with Crippen molar-refractivity contribution in [1.82, 2.24) is 10.2 Å². The standard InChI is InChI=1S/C21H18FN5O3S2/c22-14-6-8-15(9-7-14)23-17(28)12-31-21-26-25-20(32-21)24-19(30)13-10-18(29)27(11-13)16-4-2-1-3-5-16/h1-9,13H,10-12H2,(H,23,28)(H,24,25,30)/t13-/m1/s1. The largest absolute Gasteiger partial charge is 0.325 e. The molecular formula is C21H18FN5O3S2. The number of aromatic nitrogens is 2. The van der Waals surface area contributed by atoms with Gasteiger partial charge in [0, 0.05) is 24.3 Å². The maximum atomic E-state index is 12.9. The summed E-state index contributed by atoms with van der Waals surface area (Å²) in [5, 5.41) is 13.6. The summed E-state index contributed by atoms with van der Waals surface area (Å²) >= 11 is 2.32. The lowest BCUT2D eigenvalue weighted by atomic mass is 10.1. The van der Waals surface area contributed by atoms with E-state index in [1.807, 2.05) is 30.3 Å². The van der Waals surface area contributed by atoms with Crippen molar-refractivity contribution in [3.05, 3.63) is 60.4 Å². The van der Waals surface area contributed by atoms with E-state index in [-0.39, 0.29) is 35.7 Å². The topological polar surface area (TPSA) is 104 Å². The number of nitrogens with zero attached hydrogens (tertiary/aromatic N) is 3. The van der Waals surface area contributed by atoms with E-state index in [4.69, 9.17) is 0 Å². The number of amides is 3. The average Bonchev–Trinajstić information content (AvgIpc) is 3.41. The van der Waals surface area contributed by atoms with Gasteiger partial charge in [-0.05, 0) is 36.4 Å². The molecule has 1 saturated heterocycles. The SMILES string of the molecule is O=C(CSc1nnc(NC(=O)[C@@H]2CC(=O)N(c3ccccc3)C2)s1)Nc1ccc(F)cc1. The lowest BCUT2D eigenvalue weighted by molar-refractivity contribution is -0.122. The molecule has 1 aromatic heterocycles. The van der Waals surface area contributed by atoms with Crippen LogP contribution in [0.3, 0.4) is 0 Å². The minimum atomic E-state index is -0.482. The Hall–Kier alpha value is -3.31. The van der Waals surface area contributed by atoms with E-state index in [0.29, 0.717) is 21.7 Å². The fraction of sp³-hybridized carbons (Fsp3) is 0.190. The van der Waals surface area contributed by atoms with Crippen LogP contribution in [-0.4, -0.2) is 40.2 Å². The van der Waals surface area contributed by atoms with E-state index in [2.05, 4.69) is 20.8 Å². The first kappa shape index (κ1) is 21.9. The number of carbonyl (C=O) groups is 3. The molecule has 0 aliphatic carbocycles. The molecule has 0 spiro atoms. The third-order valence-corrected chi connectivity index (χ3v) is 6.63. The molecule has 3 amide bonds. The van der Waals surface area contributed by atoms with Crippen LogP contribution >= 0.6 is 23.1 Å². The highest BCUT2D eigenvalue weighted by Crippen LogP contribution is 2.28. The van der Waals surface area contributed by atoms with Crippen molar-refractivity contribution in [3.63, 3.8) is 0 Å². The molecule has 2 N–H and O–H groups in total. The number of hydrogen-bond donors (Lipinski definition) is 2. The van der Waals surface area contributed by atoms with Gasteiger partial charge in [-0.15, -0.1) is 10.2 Å². The quantitative estimate of drug-likeness (QED) is 0.404. The van der Waals surface area contributed by atoms with Crippen molar-refractivity contribution in [2.24, 2.45) is 5.92 Å². The van der Waals surface area contributed by atoms with Crippen LogP contribution in [0, 0.1) is 11.7 Å². The molecule has 4 rings (SSSR count). The van der Waals surface area contributed by atoms with E-state index in [1.165, 1.54) is 36.0 Å². The van der Waals surface area contributed by atoms with Gasteiger partial charge in [-0.1, -0.05) is 41.3 Å². The van der Waals surface area contributed by atoms with E-state index in [0.717, 1.165) is 17.0 Å². The lowest BCUT2D eigenvalue weighted by Crippen LogP contribution is -2.28. The monoisotopic (exact) mass is 471 g/mol. The zero-order chi connectivity index (χ0) is 22.5. The third kappa shape index (κ3) is 5.48. The Balaban J connectivity index is 1.26. The number of rotatable bonds is 7. The van der Waals surface area contributed by atoms with Gasteiger partial charge in [-0.3, -0.25) is 14.4 Å². The summed E-state index contributed by atoms with van der Waals surface area (Å²) in [4.78, 5) is 38.5. The minimum Gasteiger partial charge on any atom is -0.325 e. The predicted molar refractivity (Wildman–Crippen MR) is 121 cm³/mol. The van der Waals surface area contributed by atoms with Gasteiger partial charge in [0.25, 0.3) is 0 Å². The van der Waals surface area contributed by atoms with Crippen LogP contribution in [0.25, 0.3) is 0 Å². The molecule has 32 heavy (non-hydrogen) atoms. The maximum absolute atomic E-state index is 12.9. The third-order valence-electron chi connectivity index (χ3n) is 4.66. The molecule has 8 nitrogen and oxygen atoms in total. The van der Waals surface area contributed by atoms with Crippen LogP contribution in [-0.2, 0) is 14.4 Å². The second-order valence-electron chi connectivity index (χ2n) is 6.95. The Morgan fingerprint density at radius 1 is 1.09 bits per heavy atom. The van der Waals surface area contributed by atoms with Gasteiger partial charge in [0.2, 0.25) is 22.9 Å². The summed E-state index contributed by atoms with van der Waals surface area (Å²) in [5.74, 6) is -1.44. The van der Waals surface area contributed by atoms with Crippen LogP contribution < -0.4 is 15.5 Å². The smallest absolute Gasteiger partial charge is 0.234 e. The molecule has 2 aromatic carbocycles. The zero-order valence-electron chi connectivity index (χ0n) is 16.7. The summed E-state index contributed by atoms with van der Waals surface area (Å²) in [7, 11) is 0. The van der Waals surface area contributed by atoms with Gasteiger partial charge in [-0.2, -0.15) is 0 Å². The molecule has 0 unspecified atom stereocenters. The number of para-hydroxylation sites is 1. The average molecular weight is 472 g/mol. The highest BCUT2D eigenvalue weighted by Gasteiger charge is 2.35. The second-order valence-corrected chi connectivity index (χ2v) is 9.15. The van der Waals surface area contributed by atoms with Gasteiger partial charge in [-0.25, -0.2) is 4.39 Å². The fourth-order valence-corrected chi connectivity index (χ4v) is 4.68. The van der Waals surface area contributed by atoms with Gasteiger partial charge in [0.1, 0.15) is 5.82 Å². The number of anilines is 3. The Labute approximate surface area is 191 Å². The second kappa shape index (κ2) is 9.88. The van der Waals surface area contributed by atoms with Gasteiger partial charge < -0.3 is 15.5 Å².